The Hall–Kier alpha value is -1.35. The van der Waals surface area contributed by atoms with Crippen LogP contribution in [0, 0.1) is 11.3 Å². The van der Waals surface area contributed by atoms with Crippen molar-refractivity contribution in [2.24, 2.45) is 11.3 Å². The highest BCUT2D eigenvalue weighted by Gasteiger charge is 2.60. The molecule has 2 fully saturated rings. The SMILES string of the molecule is CC(C)OC(=O)N1C[C@@H]2CN(S(C)(=O)=O)C[C@]2(C(=O)O)C1. The fourth-order valence-corrected chi connectivity index (χ4v) is 3.91. The Labute approximate surface area is 123 Å². The number of amides is 1. The molecule has 0 aliphatic carbocycles. The second-order valence-electron chi connectivity index (χ2n) is 6.03. The average Bonchev–Trinajstić information content (AvgIpc) is 2.80. The first-order chi connectivity index (χ1) is 9.56. The summed E-state index contributed by atoms with van der Waals surface area (Å²) in [7, 11) is -3.44. The third-order valence-electron chi connectivity index (χ3n) is 4.07. The highest BCUT2D eigenvalue weighted by molar-refractivity contribution is 7.88. The average molecular weight is 320 g/mol. The van der Waals surface area contributed by atoms with Crippen molar-refractivity contribution in [3.8, 4) is 0 Å². The van der Waals surface area contributed by atoms with Gasteiger partial charge in [-0.1, -0.05) is 0 Å². The van der Waals surface area contributed by atoms with E-state index in [0.717, 1.165) is 6.26 Å². The van der Waals surface area contributed by atoms with Crippen molar-refractivity contribution in [2.75, 3.05) is 32.4 Å². The molecule has 2 heterocycles. The lowest BCUT2D eigenvalue weighted by molar-refractivity contribution is -0.148. The summed E-state index contributed by atoms with van der Waals surface area (Å²) in [5, 5.41) is 9.54. The molecule has 1 N–H and O–H groups in total. The fraction of sp³-hybridized carbons (Fsp3) is 0.833. The van der Waals surface area contributed by atoms with E-state index in [1.54, 1.807) is 13.8 Å². The van der Waals surface area contributed by atoms with E-state index in [9.17, 15) is 23.1 Å². The van der Waals surface area contributed by atoms with Gasteiger partial charge in [-0.05, 0) is 13.8 Å². The van der Waals surface area contributed by atoms with E-state index in [-0.39, 0.29) is 32.3 Å². The van der Waals surface area contributed by atoms with Crippen molar-refractivity contribution in [1.29, 1.82) is 0 Å². The number of carbonyl (C=O) groups is 2. The second-order valence-corrected chi connectivity index (χ2v) is 8.01. The van der Waals surface area contributed by atoms with Crippen LogP contribution in [0.15, 0.2) is 0 Å². The molecule has 2 aliphatic rings. The van der Waals surface area contributed by atoms with E-state index in [1.165, 1.54) is 9.21 Å². The topological polar surface area (TPSA) is 104 Å². The summed E-state index contributed by atoms with van der Waals surface area (Å²) in [5.41, 5.74) is -1.24. The van der Waals surface area contributed by atoms with E-state index in [1.807, 2.05) is 0 Å². The molecule has 1 amide bonds. The molecule has 120 valence electrons. The summed E-state index contributed by atoms with van der Waals surface area (Å²) in [6, 6.07) is 0. The van der Waals surface area contributed by atoms with Gasteiger partial charge in [-0.2, -0.15) is 0 Å². The highest BCUT2D eigenvalue weighted by atomic mass is 32.2. The van der Waals surface area contributed by atoms with Gasteiger partial charge in [-0.25, -0.2) is 17.5 Å². The lowest BCUT2D eigenvalue weighted by atomic mass is 9.81. The molecule has 2 saturated heterocycles. The minimum Gasteiger partial charge on any atom is -0.481 e. The summed E-state index contributed by atoms with van der Waals surface area (Å²) in [4.78, 5) is 24.9. The molecule has 0 unspecified atom stereocenters. The number of sulfonamides is 1. The third-order valence-corrected chi connectivity index (χ3v) is 5.28. The number of nitrogens with zero attached hydrogens (tertiary/aromatic N) is 2. The number of hydrogen-bond donors (Lipinski definition) is 1. The third kappa shape index (κ3) is 2.84. The smallest absolute Gasteiger partial charge is 0.410 e. The molecular formula is C12H20N2O6S. The van der Waals surface area contributed by atoms with Gasteiger partial charge in [0.25, 0.3) is 0 Å². The maximum atomic E-state index is 11.9. The standard InChI is InChI=1S/C12H20N2O6S/c1-8(2)20-11(17)13-4-9-5-14(21(3,18)19)7-12(9,6-13)10(15)16/h8-9H,4-7H2,1-3H3,(H,15,16)/t9-,12-/m1/s1. The minimum atomic E-state index is -3.44. The number of hydrogen-bond acceptors (Lipinski definition) is 5. The summed E-state index contributed by atoms with van der Waals surface area (Å²) < 4.78 is 29.5. The number of carbonyl (C=O) groups excluding carboxylic acids is 1. The van der Waals surface area contributed by atoms with E-state index in [2.05, 4.69) is 0 Å². The normalized spacial score (nSPS) is 29.7. The molecule has 0 aromatic rings. The fourth-order valence-electron chi connectivity index (χ4n) is 2.99. The molecule has 0 radical (unpaired) electrons. The molecule has 0 aromatic heterocycles. The van der Waals surface area contributed by atoms with Crippen LogP contribution in [0.25, 0.3) is 0 Å². The molecule has 2 atom stereocenters. The van der Waals surface area contributed by atoms with E-state index in [0.29, 0.717) is 0 Å². The number of carboxylic acids is 1. The number of ether oxygens (including phenoxy) is 1. The first kappa shape index (κ1) is 16.0. The number of likely N-dealkylation sites (tertiary alicyclic amines) is 1. The summed E-state index contributed by atoms with van der Waals surface area (Å²) in [5.74, 6) is -1.48. The van der Waals surface area contributed by atoms with Crippen LogP contribution in [0.5, 0.6) is 0 Å². The van der Waals surface area contributed by atoms with Crippen molar-refractivity contribution < 1.29 is 27.9 Å². The van der Waals surface area contributed by atoms with Crippen molar-refractivity contribution in [2.45, 2.75) is 20.0 Å². The molecule has 9 heteroatoms. The van der Waals surface area contributed by atoms with Gasteiger partial charge < -0.3 is 14.7 Å². The lowest BCUT2D eigenvalue weighted by Gasteiger charge is -2.24. The molecule has 8 nitrogen and oxygen atoms in total. The zero-order valence-corrected chi connectivity index (χ0v) is 13.1. The van der Waals surface area contributed by atoms with Crippen molar-refractivity contribution >= 4 is 22.1 Å². The molecule has 2 rings (SSSR count). The van der Waals surface area contributed by atoms with Crippen molar-refractivity contribution in [3.63, 3.8) is 0 Å². The van der Waals surface area contributed by atoms with Gasteiger partial charge in [0.15, 0.2) is 0 Å². The van der Waals surface area contributed by atoms with Crippen LogP contribution in [-0.4, -0.2) is 73.3 Å². The van der Waals surface area contributed by atoms with Gasteiger partial charge in [0, 0.05) is 32.1 Å². The zero-order chi connectivity index (χ0) is 16.0. The van der Waals surface area contributed by atoms with Gasteiger partial charge in [-0.3, -0.25) is 4.79 Å². The largest absolute Gasteiger partial charge is 0.481 e. The lowest BCUT2D eigenvalue weighted by Crippen LogP contribution is -2.43. The molecule has 21 heavy (non-hydrogen) atoms. The Morgan fingerprint density at radius 2 is 1.90 bits per heavy atom. The van der Waals surface area contributed by atoms with Crippen molar-refractivity contribution in [1.82, 2.24) is 9.21 Å². The first-order valence-corrected chi connectivity index (χ1v) is 8.55. The number of rotatable bonds is 3. The predicted octanol–water partition coefficient (Wildman–Crippen LogP) is -0.191. The number of aliphatic carboxylic acids is 1. The second kappa shape index (κ2) is 5.13. The van der Waals surface area contributed by atoms with Crippen LogP contribution in [0.1, 0.15) is 13.8 Å². The molecular weight excluding hydrogens is 300 g/mol. The number of fused-ring (bicyclic) bond motifs is 1. The van der Waals surface area contributed by atoms with E-state index in [4.69, 9.17) is 4.74 Å². The Morgan fingerprint density at radius 1 is 1.29 bits per heavy atom. The van der Waals surface area contributed by atoms with Crippen LogP contribution in [0.2, 0.25) is 0 Å². The van der Waals surface area contributed by atoms with Crippen LogP contribution < -0.4 is 0 Å². The maximum Gasteiger partial charge on any atom is 0.410 e. The first-order valence-electron chi connectivity index (χ1n) is 6.70. The van der Waals surface area contributed by atoms with Crippen LogP contribution in [0.4, 0.5) is 4.79 Å². The molecule has 0 spiro atoms. The van der Waals surface area contributed by atoms with Gasteiger partial charge in [-0.15, -0.1) is 0 Å². The Morgan fingerprint density at radius 3 is 2.33 bits per heavy atom. The van der Waals surface area contributed by atoms with Gasteiger partial charge >= 0.3 is 12.1 Å². The predicted molar refractivity (Wildman–Crippen MR) is 73.2 cm³/mol. The van der Waals surface area contributed by atoms with E-state index < -0.39 is 33.4 Å². The molecule has 0 saturated carbocycles. The van der Waals surface area contributed by atoms with Gasteiger partial charge in [0.05, 0.1) is 12.4 Å². The zero-order valence-electron chi connectivity index (χ0n) is 12.3. The van der Waals surface area contributed by atoms with Gasteiger partial charge in [0.1, 0.15) is 5.41 Å². The Bertz CT molecular complexity index is 560. The van der Waals surface area contributed by atoms with Crippen molar-refractivity contribution in [3.05, 3.63) is 0 Å². The summed E-state index contributed by atoms with van der Waals surface area (Å²) in [6.07, 6.45) is 0.228. The highest BCUT2D eigenvalue weighted by Crippen LogP contribution is 2.43. The minimum absolute atomic E-state index is 0.0232. The van der Waals surface area contributed by atoms with Crippen LogP contribution in [0.3, 0.4) is 0 Å². The number of carboxylic acid groups (broad SMARTS) is 1. The molecule has 0 aromatic carbocycles. The van der Waals surface area contributed by atoms with Gasteiger partial charge in [0.2, 0.25) is 10.0 Å². The quantitative estimate of drug-likeness (QED) is 0.773. The Balaban J connectivity index is 2.19. The maximum absolute atomic E-state index is 11.9. The Kier molecular flexibility index (Phi) is 3.92. The molecule has 2 aliphatic heterocycles. The molecule has 0 bridgehead atoms. The summed E-state index contributed by atoms with van der Waals surface area (Å²) in [6.45, 7) is 3.63. The van der Waals surface area contributed by atoms with E-state index >= 15 is 0 Å². The summed E-state index contributed by atoms with van der Waals surface area (Å²) >= 11 is 0. The van der Waals surface area contributed by atoms with Crippen LogP contribution in [-0.2, 0) is 19.6 Å². The monoisotopic (exact) mass is 320 g/mol. The van der Waals surface area contributed by atoms with Crippen LogP contribution >= 0.6 is 0 Å².